The molecular formula is C10H11N5O2. The van der Waals surface area contributed by atoms with E-state index >= 15 is 0 Å². The molecule has 7 heteroatoms. The van der Waals surface area contributed by atoms with Crippen molar-refractivity contribution in [1.29, 1.82) is 0 Å². The molecule has 0 fully saturated rings. The van der Waals surface area contributed by atoms with Crippen LogP contribution in [-0.4, -0.2) is 34.1 Å². The van der Waals surface area contributed by atoms with Crippen molar-refractivity contribution in [2.45, 2.75) is 0 Å². The summed E-state index contributed by atoms with van der Waals surface area (Å²) in [5.74, 6) is 0.915. The standard InChI is InChI=1S/C10H11N5O2/c1-11-8-13-9(16-2)15-10(14-8)17-7-4-3-5-12-6-7/h3-6H,1-2H3,(H,11,13,14,15). The molecule has 2 aromatic rings. The van der Waals surface area contributed by atoms with Gasteiger partial charge in [-0.2, -0.15) is 9.97 Å². The zero-order chi connectivity index (χ0) is 12.1. The molecular weight excluding hydrogens is 222 g/mol. The fraction of sp³-hybridized carbons (Fsp3) is 0.200. The van der Waals surface area contributed by atoms with E-state index in [0.29, 0.717) is 11.7 Å². The Morgan fingerprint density at radius 2 is 2.00 bits per heavy atom. The SMILES string of the molecule is CNc1nc(OC)nc(Oc2cccnc2)n1. The summed E-state index contributed by atoms with van der Waals surface area (Å²) in [5.41, 5.74) is 0. The van der Waals surface area contributed by atoms with Gasteiger partial charge in [-0.05, 0) is 12.1 Å². The Bertz CT molecular complexity index is 469. The van der Waals surface area contributed by atoms with Gasteiger partial charge in [0.1, 0.15) is 5.75 Å². The Morgan fingerprint density at radius 3 is 2.65 bits per heavy atom. The number of nitrogens with one attached hydrogen (secondary N) is 1. The summed E-state index contributed by atoms with van der Waals surface area (Å²) in [6.07, 6.45) is 3.22. The van der Waals surface area contributed by atoms with Gasteiger partial charge in [0.05, 0.1) is 13.3 Å². The molecule has 0 bridgehead atoms. The number of nitrogens with zero attached hydrogens (tertiary/aromatic N) is 4. The first-order chi connectivity index (χ1) is 8.31. The van der Waals surface area contributed by atoms with Crippen molar-refractivity contribution in [3.05, 3.63) is 24.5 Å². The van der Waals surface area contributed by atoms with Crippen LogP contribution in [-0.2, 0) is 0 Å². The van der Waals surface area contributed by atoms with E-state index in [0.717, 1.165) is 0 Å². The molecule has 0 radical (unpaired) electrons. The van der Waals surface area contributed by atoms with Crippen molar-refractivity contribution in [3.8, 4) is 17.8 Å². The monoisotopic (exact) mass is 233 g/mol. The minimum Gasteiger partial charge on any atom is -0.467 e. The summed E-state index contributed by atoms with van der Waals surface area (Å²) in [6, 6.07) is 3.84. The maximum absolute atomic E-state index is 5.42. The summed E-state index contributed by atoms with van der Waals surface area (Å²) in [4.78, 5) is 15.9. The fourth-order valence-corrected chi connectivity index (χ4v) is 1.10. The van der Waals surface area contributed by atoms with E-state index in [1.165, 1.54) is 7.11 Å². The van der Waals surface area contributed by atoms with Crippen LogP contribution in [0.2, 0.25) is 0 Å². The first-order valence-electron chi connectivity index (χ1n) is 4.87. The number of pyridine rings is 1. The second-order valence-corrected chi connectivity index (χ2v) is 2.97. The zero-order valence-corrected chi connectivity index (χ0v) is 9.41. The van der Waals surface area contributed by atoms with Crippen molar-refractivity contribution in [1.82, 2.24) is 19.9 Å². The third-order valence-corrected chi connectivity index (χ3v) is 1.84. The molecule has 0 aliphatic carbocycles. The van der Waals surface area contributed by atoms with Gasteiger partial charge in [0.25, 0.3) is 0 Å². The lowest BCUT2D eigenvalue weighted by Crippen LogP contribution is -2.03. The van der Waals surface area contributed by atoms with Crippen LogP contribution in [0.3, 0.4) is 0 Å². The van der Waals surface area contributed by atoms with Gasteiger partial charge in [-0.25, -0.2) is 0 Å². The molecule has 17 heavy (non-hydrogen) atoms. The van der Waals surface area contributed by atoms with E-state index in [-0.39, 0.29) is 12.0 Å². The van der Waals surface area contributed by atoms with Crippen LogP contribution in [0.5, 0.6) is 17.8 Å². The number of aromatic nitrogens is 4. The molecule has 0 amide bonds. The maximum Gasteiger partial charge on any atom is 0.330 e. The second-order valence-electron chi connectivity index (χ2n) is 2.97. The van der Waals surface area contributed by atoms with E-state index in [1.54, 1.807) is 31.6 Å². The zero-order valence-electron chi connectivity index (χ0n) is 9.41. The fourth-order valence-electron chi connectivity index (χ4n) is 1.10. The molecule has 0 saturated carbocycles. The summed E-state index contributed by atoms with van der Waals surface area (Å²) < 4.78 is 10.4. The van der Waals surface area contributed by atoms with Crippen molar-refractivity contribution < 1.29 is 9.47 Å². The number of hydrogen-bond acceptors (Lipinski definition) is 7. The molecule has 2 aromatic heterocycles. The van der Waals surface area contributed by atoms with Crippen molar-refractivity contribution in [3.63, 3.8) is 0 Å². The van der Waals surface area contributed by atoms with Crippen LogP contribution in [0.25, 0.3) is 0 Å². The predicted molar refractivity (Wildman–Crippen MR) is 60.2 cm³/mol. The van der Waals surface area contributed by atoms with E-state index in [1.807, 2.05) is 0 Å². The van der Waals surface area contributed by atoms with Gasteiger partial charge in [-0.3, -0.25) is 4.98 Å². The molecule has 0 atom stereocenters. The normalized spacial score (nSPS) is 9.76. The minimum atomic E-state index is 0.147. The molecule has 0 aliphatic heterocycles. The molecule has 0 spiro atoms. The smallest absolute Gasteiger partial charge is 0.330 e. The highest BCUT2D eigenvalue weighted by atomic mass is 16.5. The molecule has 1 N–H and O–H groups in total. The van der Waals surface area contributed by atoms with Gasteiger partial charge >= 0.3 is 12.0 Å². The molecule has 0 aromatic carbocycles. The molecule has 88 valence electrons. The lowest BCUT2D eigenvalue weighted by molar-refractivity contribution is 0.360. The van der Waals surface area contributed by atoms with Crippen molar-refractivity contribution in [2.75, 3.05) is 19.5 Å². The summed E-state index contributed by atoms with van der Waals surface area (Å²) in [6.45, 7) is 0. The first-order valence-corrected chi connectivity index (χ1v) is 4.87. The average Bonchev–Trinajstić information content (AvgIpc) is 2.39. The van der Waals surface area contributed by atoms with Crippen LogP contribution in [0.1, 0.15) is 0 Å². The van der Waals surface area contributed by atoms with Crippen LogP contribution < -0.4 is 14.8 Å². The maximum atomic E-state index is 5.42. The largest absolute Gasteiger partial charge is 0.467 e. The van der Waals surface area contributed by atoms with Gasteiger partial charge in [-0.15, -0.1) is 4.98 Å². The average molecular weight is 233 g/mol. The quantitative estimate of drug-likeness (QED) is 0.846. The van der Waals surface area contributed by atoms with E-state index in [2.05, 4.69) is 25.3 Å². The molecule has 0 aliphatic rings. The van der Waals surface area contributed by atoms with Crippen molar-refractivity contribution in [2.24, 2.45) is 0 Å². The highest BCUT2D eigenvalue weighted by Crippen LogP contribution is 2.18. The van der Waals surface area contributed by atoms with E-state index in [4.69, 9.17) is 9.47 Å². The Labute approximate surface area is 97.9 Å². The Balaban J connectivity index is 2.26. The van der Waals surface area contributed by atoms with Crippen LogP contribution in [0.4, 0.5) is 5.95 Å². The summed E-state index contributed by atoms with van der Waals surface area (Å²) in [5, 5.41) is 2.79. The summed E-state index contributed by atoms with van der Waals surface area (Å²) in [7, 11) is 3.17. The van der Waals surface area contributed by atoms with Gasteiger partial charge in [-0.1, -0.05) is 0 Å². The van der Waals surface area contributed by atoms with Gasteiger partial charge in [0.15, 0.2) is 0 Å². The third kappa shape index (κ3) is 2.77. The van der Waals surface area contributed by atoms with Crippen LogP contribution >= 0.6 is 0 Å². The molecule has 2 rings (SSSR count). The molecule has 0 saturated heterocycles. The van der Waals surface area contributed by atoms with E-state index < -0.39 is 0 Å². The first kappa shape index (κ1) is 11.1. The molecule has 2 heterocycles. The Morgan fingerprint density at radius 1 is 1.18 bits per heavy atom. The van der Waals surface area contributed by atoms with Gasteiger partial charge in [0.2, 0.25) is 5.95 Å². The number of anilines is 1. The van der Waals surface area contributed by atoms with Crippen molar-refractivity contribution >= 4 is 5.95 Å². The minimum absolute atomic E-state index is 0.147. The Kier molecular flexibility index (Phi) is 3.29. The molecule has 0 unspecified atom stereocenters. The lowest BCUT2D eigenvalue weighted by Gasteiger charge is -2.06. The molecule has 7 nitrogen and oxygen atoms in total. The number of rotatable bonds is 4. The number of hydrogen-bond donors (Lipinski definition) is 1. The topological polar surface area (TPSA) is 82.1 Å². The highest BCUT2D eigenvalue weighted by Gasteiger charge is 2.07. The second kappa shape index (κ2) is 5.06. The van der Waals surface area contributed by atoms with Gasteiger partial charge in [0, 0.05) is 13.2 Å². The van der Waals surface area contributed by atoms with E-state index in [9.17, 15) is 0 Å². The predicted octanol–water partition coefficient (Wildman–Crippen LogP) is 1.11. The van der Waals surface area contributed by atoms with Crippen LogP contribution in [0.15, 0.2) is 24.5 Å². The summed E-state index contributed by atoms with van der Waals surface area (Å²) >= 11 is 0. The third-order valence-electron chi connectivity index (χ3n) is 1.84. The lowest BCUT2D eigenvalue weighted by atomic mass is 10.5. The van der Waals surface area contributed by atoms with Gasteiger partial charge < -0.3 is 14.8 Å². The van der Waals surface area contributed by atoms with Crippen LogP contribution in [0, 0.1) is 0 Å². The number of ether oxygens (including phenoxy) is 2. The Hall–Kier alpha value is -2.44. The highest BCUT2D eigenvalue weighted by molar-refractivity contribution is 5.28. The number of methoxy groups -OCH3 is 1.